The van der Waals surface area contributed by atoms with Crippen molar-refractivity contribution in [3.05, 3.63) is 0 Å². The van der Waals surface area contributed by atoms with E-state index in [1.807, 2.05) is 13.8 Å². The zero-order valence-corrected chi connectivity index (χ0v) is 12.3. The highest BCUT2D eigenvalue weighted by Gasteiger charge is 2.63. The number of amides is 1. The maximum Gasteiger partial charge on any atom is 0.333 e. The van der Waals surface area contributed by atoms with Crippen molar-refractivity contribution in [1.29, 1.82) is 0 Å². The fourth-order valence-electron chi connectivity index (χ4n) is 2.49. The van der Waals surface area contributed by atoms with Crippen molar-refractivity contribution in [2.75, 3.05) is 13.4 Å². The second kappa shape index (κ2) is 5.25. The number of hydrogen-bond acceptors (Lipinski definition) is 7. The van der Waals surface area contributed by atoms with E-state index in [-0.39, 0.29) is 17.9 Å². The van der Waals surface area contributed by atoms with Gasteiger partial charge in [-0.1, -0.05) is 0 Å². The van der Waals surface area contributed by atoms with Crippen LogP contribution < -0.4 is 0 Å². The second-order valence-corrected chi connectivity index (χ2v) is 7.04. The van der Waals surface area contributed by atoms with E-state index in [4.69, 9.17) is 9.84 Å². The molecule has 2 rings (SSSR count). The summed E-state index contributed by atoms with van der Waals surface area (Å²) in [7, 11) is 0. The second-order valence-electron chi connectivity index (χ2n) is 5.27. The average molecular weight is 303 g/mol. The minimum Gasteiger partial charge on any atom is -0.428 e. The van der Waals surface area contributed by atoms with E-state index in [1.165, 1.54) is 23.6 Å². The van der Waals surface area contributed by atoms with Crippen LogP contribution >= 0.6 is 11.8 Å². The van der Waals surface area contributed by atoms with Gasteiger partial charge < -0.3 is 19.5 Å². The Morgan fingerprint density at radius 1 is 1.40 bits per heavy atom. The average Bonchev–Trinajstić information content (AvgIpc) is 2.58. The standard InChI is InChI=1S/C12H17NO6S/c1-6(15)18-5-19-11(17)8-12(2,3)20-10-7(4-14)9(16)13(8)10/h7-8,10,14H,4-5H2,1-3H3/t7-,8-,10+/m0/s1. The largest absolute Gasteiger partial charge is 0.428 e. The predicted molar refractivity (Wildman–Crippen MR) is 69.4 cm³/mol. The fraction of sp³-hybridized carbons (Fsp3) is 0.750. The van der Waals surface area contributed by atoms with Crippen LogP contribution in [-0.2, 0) is 23.9 Å². The molecule has 0 radical (unpaired) electrons. The molecule has 2 heterocycles. The Bertz CT molecular complexity index is 451. The number of β-lactam (4-membered cyclic amide) rings is 1. The molecule has 2 aliphatic heterocycles. The van der Waals surface area contributed by atoms with Gasteiger partial charge in [-0.3, -0.25) is 9.59 Å². The van der Waals surface area contributed by atoms with Crippen LogP contribution in [0.25, 0.3) is 0 Å². The summed E-state index contributed by atoms with van der Waals surface area (Å²) in [5, 5.41) is 8.97. The third-order valence-electron chi connectivity index (χ3n) is 3.43. The summed E-state index contributed by atoms with van der Waals surface area (Å²) in [6.07, 6.45) is 0. The van der Waals surface area contributed by atoms with Gasteiger partial charge in [-0.05, 0) is 13.8 Å². The predicted octanol–water partition coefficient (Wildman–Crippen LogP) is -0.279. The monoisotopic (exact) mass is 303 g/mol. The van der Waals surface area contributed by atoms with Crippen molar-refractivity contribution in [2.24, 2.45) is 5.92 Å². The van der Waals surface area contributed by atoms with E-state index in [9.17, 15) is 14.4 Å². The molecule has 1 amide bonds. The lowest BCUT2D eigenvalue weighted by atomic mass is 9.92. The van der Waals surface area contributed by atoms with Crippen LogP contribution in [-0.4, -0.2) is 57.4 Å². The Morgan fingerprint density at radius 2 is 2.05 bits per heavy atom. The molecule has 0 aromatic rings. The van der Waals surface area contributed by atoms with Crippen molar-refractivity contribution in [2.45, 2.75) is 36.9 Å². The van der Waals surface area contributed by atoms with Gasteiger partial charge in [-0.2, -0.15) is 0 Å². The van der Waals surface area contributed by atoms with Gasteiger partial charge >= 0.3 is 11.9 Å². The van der Waals surface area contributed by atoms with Crippen molar-refractivity contribution < 1.29 is 29.0 Å². The molecule has 0 aromatic heterocycles. The first-order chi connectivity index (χ1) is 9.29. The zero-order chi connectivity index (χ0) is 15.1. The molecular weight excluding hydrogens is 286 g/mol. The maximum atomic E-state index is 12.1. The Kier molecular flexibility index (Phi) is 3.97. The van der Waals surface area contributed by atoms with Gasteiger partial charge in [0.05, 0.1) is 17.9 Å². The van der Waals surface area contributed by atoms with Gasteiger partial charge in [0, 0.05) is 11.7 Å². The summed E-state index contributed by atoms with van der Waals surface area (Å²) in [5.41, 5.74) is 0. The molecule has 112 valence electrons. The minimum absolute atomic E-state index is 0.200. The normalized spacial score (nSPS) is 30.5. The molecule has 0 unspecified atom stereocenters. The quantitative estimate of drug-likeness (QED) is 0.434. The van der Waals surface area contributed by atoms with E-state index in [0.29, 0.717) is 0 Å². The first-order valence-electron chi connectivity index (χ1n) is 6.20. The molecule has 0 aromatic carbocycles. The molecule has 0 spiro atoms. The third kappa shape index (κ3) is 2.37. The van der Waals surface area contributed by atoms with E-state index >= 15 is 0 Å². The summed E-state index contributed by atoms with van der Waals surface area (Å²) < 4.78 is 8.93. The molecule has 0 saturated carbocycles. The van der Waals surface area contributed by atoms with Gasteiger partial charge in [0.25, 0.3) is 0 Å². The number of thioether (sulfide) groups is 1. The Balaban J connectivity index is 2.04. The van der Waals surface area contributed by atoms with Crippen LogP contribution in [0, 0.1) is 5.92 Å². The number of fused-ring (bicyclic) bond motifs is 1. The number of aliphatic hydroxyl groups excluding tert-OH is 1. The fourth-order valence-corrected chi connectivity index (χ4v) is 4.16. The van der Waals surface area contributed by atoms with Crippen LogP contribution in [0.15, 0.2) is 0 Å². The molecule has 2 saturated heterocycles. The highest BCUT2D eigenvalue weighted by molar-refractivity contribution is 8.01. The highest BCUT2D eigenvalue weighted by atomic mass is 32.2. The molecule has 20 heavy (non-hydrogen) atoms. The molecule has 1 N–H and O–H groups in total. The van der Waals surface area contributed by atoms with Gasteiger partial charge in [0.2, 0.25) is 12.7 Å². The maximum absolute atomic E-state index is 12.1. The Hall–Kier alpha value is -1.28. The number of nitrogens with zero attached hydrogens (tertiary/aromatic N) is 1. The van der Waals surface area contributed by atoms with Crippen LogP contribution in [0.2, 0.25) is 0 Å². The van der Waals surface area contributed by atoms with E-state index in [1.54, 1.807) is 0 Å². The number of carbonyl (C=O) groups is 3. The summed E-state index contributed by atoms with van der Waals surface area (Å²) in [6, 6.07) is -0.733. The summed E-state index contributed by atoms with van der Waals surface area (Å²) in [4.78, 5) is 36.1. The molecule has 0 bridgehead atoms. The molecule has 3 atom stereocenters. The van der Waals surface area contributed by atoms with Gasteiger partial charge in [0.1, 0.15) is 6.04 Å². The molecule has 0 aliphatic carbocycles. The number of carbonyl (C=O) groups excluding carboxylic acids is 3. The number of aliphatic hydroxyl groups is 1. The Labute approximate surface area is 120 Å². The first kappa shape index (κ1) is 15.1. The first-order valence-corrected chi connectivity index (χ1v) is 7.08. The number of rotatable bonds is 4. The van der Waals surface area contributed by atoms with E-state index in [2.05, 4.69) is 4.74 Å². The highest BCUT2D eigenvalue weighted by Crippen LogP contribution is 2.53. The minimum atomic E-state index is -0.733. The lowest BCUT2D eigenvalue weighted by Crippen LogP contribution is -2.63. The molecule has 8 heteroatoms. The zero-order valence-electron chi connectivity index (χ0n) is 11.5. The Morgan fingerprint density at radius 3 is 2.60 bits per heavy atom. The van der Waals surface area contributed by atoms with Gasteiger partial charge in [-0.25, -0.2) is 4.79 Å². The van der Waals surface area contributed by atoms with Gasteiger partial charge in [-0.15, -0.1) is 11.8 Å². The summed E-state index contributed by atoms with van der Waals surface area (Å²) >= 11 is 1.47. The number of ether oxygens (including phenoxy) is 2. The number of hydrogen-bond donors (Lipinski definition) is 1. The van der Waals surface area contributed by atoms with Crippen LogP contribution in [0.4, 0.5) is 0 Å². The summed E-state index contributed by atoms with van der Waals surface area (Å²) in [5.74, 6) is -1.84. The third-order valence-corrected chi connectivity index (χ3v) is 5.06. The smallest absolute Gasteiger partial charge is 0.333 e. The van der Waals surface area contributed by atoms with Gasteiger partial charge in [0.15, 0.2) is 0 Å². The van der Waals surface area contributed by atoms with Crippen LogP contribution in [0.3, 0.4) is 0 Å². The van der Waals surface area contributed by atoms with Crippen LogP contribution in [0.1, 0.15) is 20.8 Å². The lowest BCUT2D eigenvalue weighted by Gasteiger charge is -2.43. The van der Waals surface area contributed by atoms with Crippen molar-refractivity contribution in [3.8, 4) is 0 Å². The molecule has 2 fully saturated rings. The van der Waals surface area contributed by atoms with E-state index in [0.717, 1.165) is 0 Å². The van der Waals surface area contributed by atoms with Crippen molar-refractivity contribution in [3.63, 3.8) is 0 Å². The SMILES string of the molecule is CC(=O)OCOC(=O)[C@@H]1N2C(=O)[C@H](CO)[C@H]2SC1(C)C. The van der Waals surface area contributed by atoms with Crippen molar-refractivity contribution in [1.82, 2.24) is 4.90 Å². The van der Waals surface area contributed by atoms with Crippen molar-refractivity contribution >= 4 is 29.6 Å². The topological polar surface area (TPSA) is 93.1 Å². The lowest BCUT2D eigenvalue weighted by molar-refractivity contribution is -0.178. The molecular formula is C12H17NO6S. The summed E-state index contributed by atoms with van der Waals surface area (Å²) in [6.45, 7) is 4.22. The molecule has 2 aliphatic rings. The molecule has 7 nitrogen and oxygen atoms in total. The van der Waals surface area contributed by atoms with Crippen LogP contribution in [0.5, 0.6) is 0 Å². The van der Waals surface area contributed by atoms with E-state index < -0.39 is 35.4 Å². The number of esters is 2.